The number of aliphatic hydroxyl groups excluding tert-OH is 1. The summed E-state index contributed by atoms with van der Waals surface area (Å²) in [4.78, 5) is 0. The Kier molecular flexibility index (Phi) is 16.6. The summed E-state index contributed by atoms with van der Waals surface area (Å²) < 4.78 is 0. The number of nitrogens with two attached hydrogens (primary N) is 1. The number of thiol groups is 2. The summed E-state index contributed by atoms with van der Waals surface area (Å²) in [6.45, 7) is 0.221. The van der Waals surface area contributed by atoms with E-state index in [1.807, 2.05) is 23.5 Å². The van der Waals surface area contributed by atoms with Crippen LogP contribution in [-0.4, -0.2) is 67.7 Å². The lowest BCUT2D eigenvalue weighted by Crippen LogP contribution is -2.19. The molecule has 0 rings (SSSR count). The highest BCUT2D eigenvalue weighted by atomic mass is 32.2. The maximum atomic E-state index is 8.84. The van der Waals surface area contributed by atoms with Crippen molar-refractivity contribution in [2.24, 2.45) is 5.73 Å². The number of hydrogen-bond donors (Lipinski definition) is 5. The average Bonchev–Trinajstić information content (AvgIpc) is 2.44. The Morgan fingerprint density at radius 3 is 2.40 bits per heavy atom. The van der Waals surface area contributed by atoms with Crippen LogP contribution in [0.1, 0.15) is 0 Å². The maximum Gasteiger partial charge on any atom is 0.151 e. The second-order valence-corrected chi connectivity index (χ2v) is 9.59. The molecular formula is C11H24N2OS6. The van der Waals surface area contributed by atoms with Crippen LogP contribution in [0.2, 0.25) is 0 Å². The van der Waals surface area contributed by atoms with Crippen LogP contribution in [-0.2, 0) is 0 Å². The Morgan fingerprint density at radius 1 is 1.10 bits per heavy atom. The van der Waals surface area contributed by atoms with Crippen molar-refractivity contribution in [2.45, 2.75) is 10.5 Å². The second-order valence-electron chi connectivity index (χ2n) is 3.83. The Balaban J connectivity index is 4.06. The van der Waals surface area contributed by atoms with E-state index in [0.29, 0.717) is 10.5 Å². The standard InChI is InChI=1S/C11H24N2OS6/c12-11(13)20-8-10(6-17-3-1-14)19-7-9(5-16)18-4-2-15/h9-10,14-16H,1-8H2,(H3,12,13). The molecule has 0 aliphatic heterocycles. The van der Waals surface area contributed by atoms with E-state index in [1.54, 1.807) is 11.8 Å². The first-order valence-electron chi connectivity index (χ1n) is 6.24. The average molecular weight is 393 g/mol. The van der Waals surface area contributed by atoms with Gasteiger partial charge in [0.05, 0.1) is 6.61 Å². The lowest BCUT2D eigenvalue weighted by Gasteiger charge is -2.19. The van der Waals surface area contributed by atoms with Crippen LogP contribution in [0.4, 0.5) is 0 Å². The van der Waals surface area contributed by atoms with Gasteiger partial charge in [0.1, 0.15) is 0 Å². The monoisotopic (exact) mass is 392 g/mol. The Hall–Kier alpha value is 1.53. The van der Waals surface area contributed by atoms with Gasteiger partial charge in [0.15, 0.2) is 5.17 Å². The zero-order valence-corrected chi connectivity index (χ0v) is 16.4. The molecule has 4 N–H and O–H groups in total. The smallest absolute Gasteiger partial charge is 0.151 e. The molecule has 2 unspecified atom stereocenters. The summed E-state index contributed by atoms with van der Waals surface area (Å²) in [6.07, 6.45) is 0. The van der Waals surface area contributed by atoms with Gasteiger partial charge in [-0.05, 0) is 5.75 Å². The predicted octanol–water partition coefficient (Wildman–Crippen LogP) is 2.40. The van der Waals surface area contributed by atoms with Gasteiger partial charge in [0, 0.05) is 45.0 Å². The number of nitrogens with one attached hydrogen (secondary N) is 1. The number of amidine groups is 1. The predicted molar refractivity (Wildman–Crippen MR) is 109 cm³/mol. The molecule has 2 atom stereocenters. The van der Waals surface area contributed by atoms with Crippen molar-refractivity contribution in [3.05, 3.63) is 0 Å². The minimum absolute atomic E-state index is 0.179. The largest absolute Gasteiger partial charge is 0.396 e. The molecule has 9 heteroatoms. The van der Waals surface area contributed by atoms with Gasteiger partial charge in [-0.3, -0.25) is 5.41 Å². The summed E-state index contributed by atoms with van der Waals surface area (Å²) in [5.41, 5.74) is 5.41. The highest BCUT2D eigenvalue weighted by molar-refractivity contribution is 8.14. The number of aliphatic hydroxyl groups is 1. The molecule has 20 heavy (non-hydrogen) atoms. The van der Waals surface area contributed by atoms with E-state index in [-0.39, 0.29) is 11.8 Å². The van der Waals surface area contributed by atoms with Gasteiger partial charge < -0.3 is 10.8 Å². The van der Waals surface area contributed by atoms with E-state index in [4.69, 9.17) is 16.2 Å². The van der Waals surface area contributed by atoms with Gasteiger partial charge in [0.2, 0.25) is 0 Å². The van der Waals surface area contributed by atoms with Crippen molar-refractivity contribution in [3.63, 3.8) is 0 Å². The third kappa shape index (κ3) is 13.2. The van der Waals surface area contributed by atoms with Gasteiger partial charge in [-0.15, -0.1) is 0 Å². The van der Waals surface area contributed by atoms with Gasteiger partial charge in [0.25, 0.3) is 0 Å². The molecule has 0 saturated heterocycles. The van der Waals surface area contributed by atoms with Crippen molar-refractivity contribution < 1.29 is 5.11 Å². The van der Waals surface area contributed by atoms with Crippen molar-refractivity contribution in [3.8, 4) is 0 Å². The maximum absolute atomic E-state index is 8.84. The van der Waals surface area contributed by atoms with Crippen molar-refractivity contribution >= 4 is 77.5 Å². The van der Waals surface area contributed by atoms with Gasteiger partial charge >= 0.3 is 0 Å². The number of rotatable bonds is 13. The lowest BCUT2D eigenvalue weighted by atomic mass is 10.5. The van der Waals surface area contributed by atoms with Gasteiger partial charge in [-0.1, -0.05) is 11.8 Å². The minimum atomic E-state index is 0.179. The molecule has 0 amide bonds. The molecule has 0 aromatic heterocycles. The third-order valence-corrected chi connectivity index (χ3v) is 8.61. The molecular weight excluding hydrogens is 369 g/mol. The number of hydrogen-bond acceptors (Lipinski definition) is 8. The molecule has 0 saturated carbocycles. The van der Waals surface area contributed by atoms with E-state index >= 15 is 0 Å². The minimum Gasteiger partial charge on any atom is -0.396 e. The van der Waals surface area contributed by atoms with Gasteiger partial charge in [-0.2, -0.15) is 60.5 Å². The first-order valence-corrected chi connectivity index (χ1v) is 11.7. The molecule has 0 fully saturated rings. The van der Waals surface area contributed by atoms with E-state index in [2.05, 4.69) is 25.3 Å². The van der Waals surface area contributed by atoms with Crippen LogP contribution in [0, 0.1) is 5.41 Å². The van der Waals surface area contributed by atoms with Crippen LogP contribution in [0.5, 0.6) is 0 Å². The van der Waals surface area contributed by atoms with Crippen molar-refractivity contribution in [1.82, 2.24) is 0 Å². The molecule has 0 aliphatic rings. The molecule has 120 valence electrons. The fourth-order valence-corrected chi connectivity index (χ4v) is 6.50. The molecule has 0 aromatic rings. The molecule has 0 heterocycles. The Bertz CT molecular complexity index is 247. The summed E-state index contributed by atoms with van der Waals surface area (Å²) in [5.74, 6) is 6.51. The van der Waals surface area contributed by atoms with E-state index in [0.717, 1.165) is 40.3 Å². The summed E-state index contributed by atoms with van der Waals surface area (Å²) in [5, 5.41) is 17.3. The van der Waals surface area contributed by atoms with Crippen molar-refractivity contribution in [2.75, 3.05) is 46.9 Å². The van der Waals surface area contributed by atoms with Crippen LogP contribution in [0.3, 0.4) is 0 Å². The zero-order valence-electron chi connectivity index (χ0n) is 11.4. The third-order valence-electron chi connectivity index (χ3n) is 2.13. The first-order chi connectivity index (χ1) is 9.63. The summed E-state index contributed by atoms with van der Waals surface area (Å²) in [6, 6.07) is 0. The second kappa shape index (κ2) is 15.4. The Labute approximate surface area is 150 Å². The molecule has 3 nitrogen and oxygen atoms in total. The molecule has 0 aliphatic carbocycles. The zero-order chi connectivity index (χ0) is 15.2. The lowest BCUT2D eigenvalue weighted by molar-refractivity contribution is 0.322. The van der Waals surface area contributed by atoms with Crippen LogP contribution in [0.25, 0.3) is 0 Å². The molecule has 0 bridgehead atoms. The first kappa shape index (κ1) is 21.5. The summed E-state index contributed by atoms with van der Waals surface area (Å²) >= 11 is 15.6. The highest BCUT2D eigenvalue weighted by Gasteiger charge is 2.14. The fraction of sp³-hybridized carbons (Fsp3) is 0.909. The van der Waals surface area contributed by atoms with Crippen LogP contribution in [0.15, 0.2) is 0 Å². The number of thioether (sulfide) groups is 4. The highest BCUT2D eigenvalue weighted by Crippen LogP contribution is 2.25. The quantitative estimate of drug-likeness (QED) is 0.143. The normalized spacial score (nSPS) is 14.2. The molecule has 0 radical (unpaired) electrons. The van der Waals surface area contributed by atoms with Crippen molar-refractivity contribution in [1.29, 1.82) is 5.41 Å². The Morgan fingerprint density at radius 2 is 1.85 bits per heavy atom. The van der Waals surface area contributed by atoms with Gasteiger partial charge in [-0.25, -0.2) is 0 Å². The SMILES string of the molecule is N=C(N)SCC(CSCCO)SCC(CS)SCCS. The fourth-order valence-electron chi connectivity index (χ4n) is 1.22. The van der Waals surface area contributed by atoms with E-state index in [9.17, 15) is 0 Å². The summed E-state index contributed by atoms with van der Waals surface area (Å²) in [7, 11) is 0. The van der Waals surface area contributed by atoms with Crippen LogP contribution >= 0.6 is 72.3 Å². The topological polar surface area (TPSA) is 70.1 Å². The van der Waals surface area contributed by atoms with E-state index in [1.165, 1.54) is 11.8 Å². The van der Waals surface area contributed by atoms with Crippen LogP contribution < -0.4 is 5.73 Å². The van der Waals surface area contributed by atoms with E-state index < -0.39 is 0 Å². The molecule has 0 spiro atoms. The molecule has 0 aromatic carbocycles.